The Bertz CT molecular complexity index is 899. The normalized spacial score (nSPS) is 26.7. The molecule has 3 aliphatic rings. The second-order valence-electron chi connectivity index (χ2n) is 9.84. The molecule has 31 heavy (non-hydrogen) atoms. The third-order valence-corrected chi connectivity index (χ3v) is 6.27. The molecule has 2 N–H and O–H groups in total. The Balaban J connectivity index is 1.31. The van der Waals surface area contributed by atoms with Crippen molar-refractivity contribution < 1.29 is 23.9 Å². The number of nitrogens with zero attached hydrogens (tertiary/aromatic N) is 1. The second kappa shape index (κ2) is 8.05. The minimum Gasteiger partial charge on any atom is -0.486 e. The topological polar surface area (TPSA) is 97.0 Å². The molecule has 2 heterocycles. The lowest BCUT2D eigenvalue weighted by Gasteiger charge is -2.43. The van der Waals surface area contributed by atoms with Gasteiger partial charge in [0.05, 0.1) is 0 Å². The van der Waals surface area contributed by atoms with Gasteiger partial charge in [0.1, 0.15) is 25.3 Å². The predicted molar refractivity (Wildman–Crippen MR) is 114 cm³/mol. The zero-order valence-electron chi connectivity index (χ0n) is 18.5. The van der Waals surface area contributed by atoms with Gasteiger partial charge >= 0.3 is 6.03 Å². The number of amides is 4. The fourth-order valence-corrected chi connectivity index (χ4v) is 5.44. The number of rotatable bonds is 5. The Morgan fingerprint density at radius 1 is 1.19 bits per heavy atom. The summed E-state index contributed by atoms with van der Waals surface area (Å²) in [7, 11) is 0. The lowest BCUT2D eigenvalue weighted by atomic mass is 9.64. The molecule has 1 saturated heterocycles. The summed E-state index contributed by atoms with van der Waals surface area (Å²) in [4.78, 5) is 39.2. The first kappa shape index (κ1) is 21.5. The lowest BCUT2D eigenvalue weighted by Crippen LogP contribution is -2.54. The first-order chi connectivity index (χ1) is 14.7. The summed E-state index contributed by atoms with van der Waals surface area (Å²) in [5.41, 5.74) is 0.0867. The Kier molecular flexibility index (Phi) is 5.58. The van der Waals surface area contributed by atoms with Crippen LogP contribution in [0.15, 0.2) is 18.2 Å². The maximum Gasteiger partial charge on any atom is 0.325 e. The van der Waals surface area contributed by atoms with E-state index < -0.39 is 11.6 Å². The molecule has 0 bridgehead atoms. The van der Waals surface area contributed by atoms with Gasteiger partial charge in [-0.25, -0.2) is 4.79 Å². The van der Waals surface area contributed by atoms with E-state index in [1.165, 1.54) is 0 Å². The number of benzene rings is 1. The molecule has 8 heteroatoms. The van der Waals surface area contributed by atoms with Crippen LogP contribution in [0.3, 0.4) is 0 Å². The zero-order chi connectivity index (χ0) is 22.2. The molecule has 168 valence electrons. The number of carbonyl (C=O) groups is 3. The van der Waals surface area contributed by atoms with E-state index in [9.17, 15) is 14.4 Å². The lowest BCUT2D eigenvalue weighted by molar-refractivity contribution is -0.137. The van der Waals surface area contributed by atoms with E-state index in [1.807, 2.05) is 18.2 Å². The van der Waals surface area contributed by atoms with E-state index in [4.69, 9.17) is 9.47 Å². The summed E-state index contributed by atoms with van der Waals surface area (Å²) in [6, 6.07) is 5.24. The van der Waals surface area contributed by atoms with Gasteiger partial charge in [-0.1, -0.05) is 26.8 Å². The first-order valence-corrected chi connectivity index (χ1v) is 11.0. The molecule has 0 aromatic heterocycles. The molecule has 0 unspecified atom stereocenters. The van der Waals surface area contributed by atoms with E-state index in [1.54, 1.807) is 0 Å². The fourth-order valence-electron chi connectivity index (χ4n) is 5.44. The molecule has 1 aromatic rings. The molecule has 1 aliphatic carbocycles. The van der Waals surface area contributed by atoms with Crippen LogP contribution in [0.4, 0.5) is 4.79 Å². The summed E-state index contributed by atoms with van der Waals surface area (Å²) in [5.74, 6) is 1.14. The minimum absolute atomic E-state index is 0.0392. The van der Waals surface area contributed by atoms with Gasteiger partial charge in [0, 0.05) is 6.54 Å². The van der Waals surface area contributed by atoms with Crippen molar-refractivity contribution >= 4 is 17.8 Å². The highest BCUT2D eigenvalue weighted by Crippen LogP contribution is 2.46. The van der Waals surface area contributed by atoms with Crippen molar-refractivity contribution in [2.45, 2.75) is 52.0 Å². The van der Waals surface area contributed by atoms with Gasteiger partial charge in [0.2, 0.25) is 5.91 Å². The van der Waals surface area contributed by atoms with Crippen LogP contribution in [-0.4, -0.2) is 54.6 Å². The van der Waals surface area contributed by atoms with Crippen LogP contribution in [0.5, 0.6) is 11.5 Å². The van der Waals surface area contributed by atoms with Crippen LogP contribution < -0.4 is 20.1 Å². The molecule has 8 nitrogen and oxygen atoms in total. The average molecular weight is 430 g/mol. The largest absolute Gasteiger partial charge is 0.486 e. The number of urea groups is 1. The zero-order valence-corrected chi connectivity index (χ0v) is 18.5. The molecular weight excluding hydrogens is 398 g/mol. The van der Waals surface area contributed by atoms with Crippen molar-refractivity contribution in [1.29, 1.82) is 0 Å². The summed E-state index contributed by atoms with van der Waals surface area (Å²) >= 11 is 0. The minimum atomic E-state index is -0.885. The van der Waals surface area contributed by atoms with E-state index in [0.717, 1.165) is 22.6 Å². The fraction of sp³-hybridized carbons (Fsp3) is 0.609. The number of hydrogen-bond acceptors (Lipinski definition) is 5. The van der Waals surface area contributed by atoms with Gasteiger partial charge in [0.15, 0.2) is 11.5 Å². The molecule has 2 fully saturated rings. The van der Waals surface area contributed by atoms with Crippen LogP contribution in [-0.2, 0) is 16.0 Å². The monoisotopic (exact) mass is 429 g/mol. The molecular formula is C23H31N3O5. The van der Waals surface area contributed by atoms with E-state index in [0.29, 0.717) is 50.7 Å². The van der Waals surface area contributed by atoms with Gasteiger partial charge in [-0.15, -0.1) is 0 Å². The number of imide groups is 1. The summed E-state index contributed by atoms with van der Waals surface area (Å²) < 4.78 is 11.1. The first-order valence-electron chi connectivity index (χ1n) is 11.0. The number of carbonyl (C=O) groups excluding carboxylic acids is 3. The Morgan fingerprint density at radius 2 is 1.94 bits per heavy atom. The molecule has 1 spiro atoms. The van der Waals surface area contributed by atoms with Gasteiger partial charge < -0.3 is 20.1 Å². The SMILES string of the molecule is C[C@H]1CC(C)(C)C[C@]2(C1)NC(=O)N(CC(=O)NCCc1ccc3c(c1)OCCO3)C2=O. The van der Waals surface area contributed by atoms with Crippen LogP contribution in [0.2, 0.25) is 0 Å². The van der Waals surface area contributed by atoms with Crippen LogP contribution in [0.1, 0.15) is 45.6 Å². The quantitative estimate of drug-likeness (QED) is 0.700. The Labute approximate surface area is 182 Å². The summed E-state index contributed by atoms with van der Waals surface area (Å²) in [6.07, 6.45) is 2.83. The van der Waals surface area contributed by atoms with E-state index in [-0.39, 0.29) is 23.8 Å². The third kappa shape index (κ3) is 4.48. The maximum atomic E-state index is 13.1. The third-order valence-electron chi connectivity index (χ3n) is 6.27. The summed E-state index contributed by atoms with van der Waals surface area (Å²) in [5, 5.41) is 5.71. The van der Waals surface area contributed by atoms with Crippen molar-refractivity contribution in [2.24, 2.45) is 11.3 Å². The highest BCUT2D eigenvalue weighted by atomic mass is 16.6. The Hall–Kier alpha value is -2.77. The number of hydrogen-bond donors (Lipinski definition) is 2. The van der Waals surface area contributed by atoms with Crippen molar-refractivity contribution in [2.75, 3.05) is 26.3 Å². The second-order valence-corrected chi connectivity index (χ2v) is 9.84. The molecule has 1 saturated carbocycles. The average Bonchev–Trinajstić information content (AvgIpc) is 2.89. The Morgan fingerprint density at radius 3 is 2.68 bits per heavy atom. The van der Waals surface area contributed by atoms with Crippen LogP contribution in [0.25, 0.3) is 0 Å². The number of fused-ring (bicyclic) bond motifs is 1. The molecule has 4 rings (SSSR count). The van der Waals surface area contributed by atoms with Crippen molar-refractivity contribution in [1.82, 2.24) is 15.5 Å². The van der Waals surface area contributed by atoms with Gasteiger partial charge in [-0.05, 0) is 54.7 Å². The number of ether oxygens (including phenoxy) is 2. The van der Waals surface area contributed by atoms with Crippen LogP contribution in [0, 0.1) is 11.3 Å². The standard InChI is InChI=1S/C23H31N3O5/c1-15-11-22(2,3)14-23(12-15)20(28)26(21(29)25-23)13-19(27)24-7-6-16-4-5-17-18(10-16)31-9-8-30-17/h4-5,10,15H,6-9,11-14H2,1-3H3,(H,24,27)(H,25,29)/t15-,23-/m0/s1. The van der Waals surface area contributed by atoms with Gasteiger partial charge in [-0.2, -0.15) is 0 Å². The van der Waals surface area contributed by atoms with Crippen molar-refractivity contribution in [3.8, 4) is 11.5 Å². The van der Waals surface area contributed by atoms with Gasteiger partial charge in [-0.3, -0.25) is 14.5 Å². The highest BCUT2D eigenvalue weighted by Gasteiger charge is 2.56. The molecule has 2 atom stereocenters. The molecule has 1 aromatic carbocycles. The van der Waals surface area contributed by atoms with Crippen molar-refractivity contribution in [3.63, 3.8) is 0 Å². The van der Waals surface area contributed by atoms with Gasteiger partial charge in [0.25, 0.3) is 5.91 Å². The summed E-state index contributed by atoms with van der Waals surface area (Å²) in [6.45, 7) is 7.56. The van der Waals surface area contributed by atoms with E-state index >= 15 is 0 Å². The smallest absolute Gasteiger partial charge is 0.325 e. The van der Waals surface area contributed by atoms with Crippen molar-refractivity contribution in [3.05, 3.63) is 23.8 Å². The van der Waals surface area contributed by atoms with Crippen LogP contribution >= 0.6 is 0 Å². The highest BCUT2D eigenvalue weighted by molar-refractivity contribution is 6.09. The molecule has 0 radical (unpaired) electrons. The maximum absolute atomic E-state index is 13.1. The predicted octanol–water partition coefficient (Wildman–Crippen LogP) is 2.25. The number of nitrogens with one attached hydrogen (secondary N) is 2. The van der Waals surface area contributed by atoms with E-state index in [2.05, 4.69) is 31.4 Å². The molecule has 2 aliphatic heterocycles. The molecule has 4 amide bonds.